The summed E-state index contributed by atoms with van der Waals surface area (Å²) in [5.74, 6) is 0.617. The normalized spacial score (nSPS) is 15.6. The molecule has 0 heterocycles. The average Bonchev–Trinajstić information content (AvgIpc) is 1.96. The molecule has 0 aliphatic heterocycles. The Labute approximate surface area is 107 Å². The van der Waals surface area contributed by atoms with Crippen LogP contribution < -0.4 is 5.32 Å². The van der Waals surface area contributed by atoms with Crippen LogP contribution in [0, 0.1) is 11.8 Å². The maximum absolute atomic E-state index is 12.3. The second-order valence-electron chi connectivity index (χ2n) is 6.64. The highest BCUT2D eigenvalue weighted by Gasteiger charge is 2.29. The molecule has 1 unspecified atom stereocenters. The molecule has 3 nitrogen and oxygen atoms in total. The van der Waals surface area contributed by atoms with Crippen molar-refractivity contribution in [3.05, 3.63) is 0 Å². The molecular formula is C13H29NO2S. The summed E-state index contributed by atoms with van der Waals surface area (Å²) in [5, 5.41) is 3.02. The van der Waals surface area contributed by atoms with Gasteiger partial charge in [-0.1, -0.05) is 27.7 Å². The van der Waals surface area contributed by atoms with Gasteiger partial charge in [-0.2, -0.15) is 0 Å². The zero-order valence-corrected chi connectivity index (χ0v) is 13.2. The highest BCUT2D eigenvalue weighted by molar-refractivity contribution is 7.92. The Morgan fingerprint density at radius 2 is 1.53 bits per heavy atom. The second-order valence-corrected chi connectivity index (χ2v) is 8.90. The predicted octanol–water partition coefficient (Wildman–Crippen LogP) is 2.47. The zero-order valence-electron chi connectivity index (χ0n) is 12.4. The molecule has 0 saturated heterocycles. The minimum absolute atomic E-state index is 0.0412. The van der Waals surface area contributed by atoms with Gasteiger partial charge in [0.1, 0.15) is 0 Å². The van der Waals surface area contributed by atoms with E-state index in [9.17, 15) is 8.42 Å². The first-order valence-corrected chi connectivity index (χ1v) is 8.14. The first-order chi connectivity index (χ1) is 7.46. The molecule has 0 aromatic heterocycles. The Kier molecular flexibility index (Phi) is 6.15. The topological polar surface area (TPSA) is 46.2 Å². The first-order valence-electron chi connectivity index (χ1n) is 6.42. The molecule has 0 rings (SSSR count). The summed E-state index contributed by atoms with van der Waals surface area (Å²) >= 11 is 0. The van der Waals surface area contributed by atoms with E-state index in [1.54, 1.807) is 0 Å². The van der Waals surface area contributed by atoms with Crippen molar-refractivity contribution in [2.24, 2.45) is 11.8 Å². The summed E-state index contributed by atoms with van der Waals surface area (Å²) in [7, 11) is -3.01. The van der Waals surface area contributed by atoms with E-state index in [-0.39, 0.29) is 28.4 Å². The summed E-state index contributed by atoms with van der Waals surface area (Å²) < 4.78 is 24.5. The lowest BCUT2D eigenvalue weighted by Gasteiger charge is -2.27. The monoisotopic (exact) mass is 263 g/mol. The third kappa shape index (κ3) is 7.04. The van der Waals surface area contributed by atoms with E-state index in [4.69, 9.17) is 0 Å². The molecule has 0 aromatic rings. The minimum Gasteiger partial charge on any atom is -0.311 e. The Morgan fingerprint density at radius 1 is 1.06 bits per heavy atom. The Bertz CT molecular complexity index is 313. The van der Waals surface area contributed by atoms with Crippen LogP contribution in [-0.4, -0.2) is 31.5 Å². The standard InChI is InChI=1S/C13H29NO2S/c1-10(2)9-17(15,16)12(11(3)4)8-14-13(5,6)7/h10-12,14H,8-9H2,1-7H3. The van der Waals surface area contributed by atoms with Crippen molar-refractivity contribution >= 4 is 9.84 Å². The van der Waals surface area contributed by atoms with Crippen molar-refractivity contribution in [2.75, 3.05) is 12.3 Å². The lowest BCUT2D eigenvalue weighted by Crippen LogP contribution is -2.46. The SMILES string of the molecule is CC(C)CS(=O)(=O)C(CNC(C)(C)C)C(C)C. The molecule has 0 radical (unpaired) electrons. The van der Waals surface area contributed by atoms with E-state index in [2.05, 4.69) is 26.1 Å². The molecule has 0 amide bonds. The number of sulfone groups is 1. The lowest BCUT2D eigenvalue weighted by molar-refractivity contribution is 0.399. The van der Waals surface area contributed by atoms with Gasteiger partial charge in [-0.25, -0.2) is 8.42 Å². The molecule has 1 atom stereocenters. The van der Waals surface area contributed by atoms with E-state index in [1.807, 2.05) is 27.7 Å². The molecule has 0 aliphatic rings. The molecule has 104 valence electrons. The highest BCUT2D eigenvalue weighted by Crippen LogP contribution is 2.16. The fourth-order valence-corrected chi connectivity index (χ4v) is 4.12. The van der Waals surface area contributed by atoms with Crippen LogP contribution in [0.15, 0.2) is 0 Å². The maximum atomic E-state index is 12.3. The molecule has 4 heteroatoms. The van der Waals surface area contributed by atoms with Gasteiger partial charge < -0.3 is 5.32 Å². The largest absolute Gasteiger partial charge is 0.311 e. The van der Waals surface area contributed by atoms with Crippen LogP contribution in [-0.2, 0) is 9.84 Å². The van der Waals surface area contributed by atoms with Crippen LogP contribution in [0.25, 0.3) is 0 Å². The van der Waals surface area contributed by atoms with Crippen LogP contribution in [0.3, 0.4) is 0 Å². The number of nitrogens with one attached hydrogen (secondary N) is 1. The number of hydrogen-bond donors (Lipinski definition) is 1. The molecule has 0 aliphatic carbocycles. The molecule has 17 heavy (non-hydrogen) atoms. The van der Waals surface area contributed by atoms with Crippen molar-refractivity contribution in [3.8, 4) is 0 Å². The molecule has 1 N–H and O–H groups in total. The summed E-state index contributed by atoms with van der Waals surface area (Å²) in [6.45, 7) is 14.6. The molecule has 0 bridgehead atoms. The molecule has 0 saturated carbocycles. The van der Waals surface area contributed by atoms with E-state index in [0.29, 0.717) is 6.54 Å². The third-order valence-electron chi connectivity index (χ3n) is 2.60. The fourth-order valence-electron chi connectivity index (χ4n) is 1.77. The minimum atomic E-state index is -3.01. The quantitative estimate of drug-likeness (QED) is 0.801. The van der Waals surface area contributed by atoms with E-state index < -0.39 is 9.84 Å². The van der Waals surface area contributed by atoms with Crippen molar-refractivity contribution in [2.45, 2.75) is 59.3 Å². The summed E-state index contributed by atoms with van der Waals surface area (Å²) in [6.07, 6.45) is 0. The van der Waals surface area contributed by atoms with Crippen molar-refractivity contribution < 1.29 is 8.42 Å². The van der Waals surface area contributed by atoms with Gasteiger partial charge in [-0.05, 0) is 32.6 Å². The third-order valence-corrected chi connectivity index (χ3v) is 5.37. The second kappa shape index (κ2) is 6.19. The molecular weight excluding hydrogens is 234 g/mol. The van der Waals surface area contributed by atoms with Crippen LogP contribution in [0.5, 0.6) is 0 Å². The van der Waals surface area contributed by atoms with Crippen LogP contribution >= 0.6 is 0 Å². The van der Waals surface area contributed by atoms with E-state index in [0.717, 1.165) is 0 Å². The first kappa shape index (κ1) is 16.9. The van der Waals surface area contributed by atoms with Gasteiger partial charge in [0.05, 0.1) is 11.0 Å². The van der Waals surface area contributed by atoms with Gasteiger partial charge in [0.2, 0.25) is 0 Å². The average molecular weight is 263 g/mol. The van der Waals surface area contributed by atoms with Gasteiger partial charge >= 0.3 is 0 Å². The maximum Gasteiger partial charge on any atom is 0.154 e. The Morgan fingerprint density at radius 3 is 1.82 bits per heavy atom. The zero-order chi connectivity index (χ0) is 13.9. The smallest absolute Gasteiger partial charge is 0.154 e. The van der Waals surface area contributed by atoms with Crippen LogP contribution in [0.4, 0.5) is 0 Å². The van der Waals surface area contributed by atoms with Crippen molar-refractivity contribution in [1.29, 1.82) is 0 Å². The van der Waals surface area contributed by atoms with Gasteiger partial charge in [0.15, 0.2) is 9.84 Å². The Hall–Kier alpha value is -0.0900. The highest BCUT2D eigenvalue weighted by atomic mass is 32.2. The van der Waals surface area contributed by atoms with E-state index >= 15 is 0 Å². The summed E-state index contributed by atoms with van der Waals surface area (Å²) in [5.41, 5.74) is -0.0412. The van der Waals surface area contributed by atoms with Crippen molar-refractivity contribution in [3.63, 3.8) is 0 Å². The van der Waals surface area contributed by atoms with Crippen LogP contribution in [0.2, 0.25) is 0 Å². The van der Waals surface area contributed by atoms with Gasteiger partial charge in [-0.3, -0.25) is 0 Å². The number of hydrogen-bond acceptors (Lipinski definition) is 3. The van der Waals surface area contributed by atoms with Gasteiger partial charge in [0, 0.05) is 12.1 Å². The number of rotatable bonds is 6. The predicted molar refractivity (Wildman–Crippen MR) is 75.0 cm³/mol. The van der Waals surface area contributed by atoms with E-state index in [1.165, 1.54) is 0 Å². The summed E-state index contributed by atoms with van der Waals surface area (Å²) in [4.78, 5) is 0. The van der Waals surface area contributed by atoms with Crippen molar-refractivity contribution in [1.82, 2.24) is 5.32 Å². The molecule has 0 aromatic carbocycles. The summed E-state index contributed by atoms with van der Waals surface area (Å²) in [6, 6.07) is 0. The van der Waals surface area contributed by atoms with Crippen LogP contribution in [0.1, 0.15) is 48.5 Å². The van der Waals surface area contributed by atoms with Gasteiger partial charge in [0.25, 0.3) is 0 Å². The lowest BCUT2D eigenvalue weighted by atomic mass is 10.1. The molecule has 0 spiro atoms. The fraction of sp³-hybridized carbons (Fsp3) is 1.00. The Balaban J connectivity index is 4.75. The van der Waals surface area contributed by atoms with Gasteiger partial charge in [-0.15, -0.1) is 0 Å². The molecule has 0 fully saturated rings.